The quantitative estimate of drug-likeness (QED) is 0.835. The number of fused-ring (bicyclic) bond motifs is 1. The van der Waals surface area contributed by atoms with Gasteiger partial charge in [-0.1, -0.05) is 37.5 Å². The molecule has 0 saturated heterocycles. The lowest BCUT2D eigenvalue weighted by Gasteiger charge is -2.23. The van der Waals surface area contributed by atoms with Gasteiger partial charge < -0.3 is 0 Å². The van der Waals surface area contributed by atoms with Gasteiger partial charge in [0, 0.05) is 0 Å². The summed E-state index contributed by atoms with van der Waals surface area (Å²) in [6.07, 6.45) is 1.29. The van der Waals surface area contributed by atoms with E-state index in [1.807, 2.05) is 38.1 Å². The number of benzene rings is 1. The second-order valence-electron chi connectivity index (χ2n) is 4.04. The Kier molecular flexibility index (Phi) is 3.03. The molecule has 0 atom stereocenters. The van der Waals surface area contributed by atoms with Gasteiger partial charge in [-0.2, -0.15) is 5.26 Å². The molecule has 4 heteroatoms. The topological polar surface area (TPSA) is 45.8 Å². The zero-order valence-electron chi connectivity index (χ0n) is 9.93. The molecule has 17 heavy (non-hydrogen) atoms. The van der Waals surface area contributed by atoms with Crippen molar-refractivity contribution in [3.05, 3.63) is 34.6 Å². The van der Waals surface area contributed by atoms with Crippen LogP contribution < -0.4 is 5.56 Å². The molecule has 0 saturated carbocycles. The first-order chi connectivity index (χ1) is 8.18. The largest absolute Gasteiger partial charge is 0.270 e. The molecule has 0 aliphatic rings. The Morgan fingerprint density at radius 1 is 1.35 bits per heavy atom. The molecular formula is C13H14N2OS. The second kappa shape index (κ2) is 4.34. The Labute approximate surface area is 104 Å². The van der Waals surface area contributed by atoms with Gasteiger partial charge in [0.25, 0.3) is 5.56 Å². The lowest BCUT2D eigenvalue weighted by Crippen LogP contribution is -2.35. The molecule has 1 aromatic heterocycles. The van der Waals surface area contributed by atoms with Crippen LogP contribution in [0.25, 0.3) is 10.1 Å². The molecule has 0 N–H and O–H groups in total. The lowest BCUT2D eigenvalue weighted by atomic mass is 9.95. The Hall–Kier alpha value is -1.60. The maximum atomic E-state index is 12.3. The van der Waals surface area contributed by atoms with Gasteiger partial charge >= 0.3 is 0 Å². The van der Waals surface area contributed by atoms with Crippen molar-refractivity contribution in [1.29, 1.82) is 5.26 Å². The van der Waals surface area contributed by atoms with Crippen molar-refractivity contribution in [2.45, 2.75) is 32.2 Å². The Morgan fingerprint density at radius 3 is 2.53 bits per heavy atom. The summed E-state index contributed by atoms with van der Waals surface area (Å²) in [6.45, 7) is 3.90. The number of aromatic nitrogens is 1. The molecule has 3 nitrogen and oxygen atoms in total. The van der Waals surface area contributed by atoms with Crippen LogP contribution in [0.15, 0.2) is 29.1 Å². The molecule has 0 aliphatic carbocycles. The highest BCUT2D eigenvalue weighted by molar-refractivity contribution is 7.13. The van der Waals surface area contributed by atoms with Gasteiger partial charge in [0.1, 0.15) is 5.54 Å². The van der Waals surface area contributed by atoms with E-state index >= 15 is 0 Å². The average Bonchev–Trinajstić information content (AvgIpc) is 2.72. The van der Waals surface area contributed by atoms with Crippen molar-refractivity contribution in [2.24, 2.45) is 0 Å². The molecular weight excluding hydrogens is 232 g/mol. The smallest absolute Gasteiger partial charge is 0.268 e. The van der Waals surface area contributed by atoms with Crippen LogP contribution in [0, 0.1) is 11.3 Å². The second-order valence-corrected chi connectivity index (χ2v) is 5.03. The van der Waals surface area contributed by atoms with Crippen molar-refractivity contribution in [1.82, 2.24) is 3.96 Å². The van der Waals surface area contributed by atoms with E-state index in [-0.39, 0.29) is 5.56 Å². The first-order valence-electron chi connectivity index (χ1n) is 5.71. The van der Waals surface area contributed by atoms with Gasteiger partial charge in [0.05, 0.1) is 16.2 Å². The third kappa shape index (κ3) is 1.67. The molecule has 0 unspecified atom stereocenters. The number of nitriles is 1. The van der Waals surface area contributed by atoms with E-state index in [0.29, 0.717) is 18.2 Å². The molecule has 1 heterocycles. The van der Waals surface area contributed by atoms with Crippen molar-refractivity contribution in [3.8, 4) is 6.07 Å². The molecule has 1 aromatic carbocycles. The molecule has 2 rings (SSSR count). The predicted molar refractivity (Wildman–Crippen MR) is 70.3 cm³/mol. The Morgan fingerprint density at radius 2 is 2.00 bits per heavy atom. The van der Waals surface area contributed by atoms with E-state index in [0.717, 1.165) is 4.70 Å². The summed E-state index contributed by atoms with van der Waals surface area (Å²) in [6, 6.07) is 9.81. The fourth-order valence-corrected chi connectivity index (χ4v) is 3.24. The van der Waals surface area contributed by atoms with E-state index < -0.39 is 5.54 Å². The lowest BCUT2D eigenvalue weighted by molar-refractivity contribution is 0.375. The third-order valence-electron chi connectivity index (χ3n) is 3.26. The minimum atomic E-state index is -0.694. The molecule has 0 aliphatic heterocycles. The van der Waals surface area contributed by atoms with Crippen molar-refractivity contribution in [2.75, 3.05) is 0 Å². The highest BCUT2D eigenvalue weighted by atomic mass is 32.1. The van der Waals surface area contributed by atoms with Crippen LogP contribution in [0.4, 0.5) is 0 Å². The summed E-state index contributed by atoms with van der Waals surface area (Å²) in [5, 5.41) is 10.1. The first-order valence-corrected chi connectivity index (χ1v) is 6.48. The van der Waals surface area contributed by atoms with E-state index in [1.165, 1.54) is 11.5 Å². The van der Waals surface area contributed by atoms with E-state index in [1.54, 1.807) is 3.96 Å². The summed E-state index contributed by atoms with van der Waals surface area (Å²) < 4.78 is 2.58. The van der Waals surface area contributed by atoms with Gasteiger partial charge in [-0.3, -0.25) is 4.79 Å². The van der Waals surface area contributed by atoms with E-state index in [2.05, 4.69) is 6.07 Å². The monoisotopic (exact) mass is 246 g/mol. The maximum absolute atomic E-state index is 12.3. The fourth-order valence-electron chi connectivity index (χ4n) is 1.99. The molecule has 0 amide bonds. The summed E-state index contributed by atoms with van der Waals surface area (Å²) in [5.74, 6) is 0. The molecule has 0 bridgehead atoms. The van der Waals surface area contributed by atoms with E-state index in [4.69, 9.17) is 0 Å². The summed E-state index contributed by atoms with van der Waals surface area (Å²) in [7, 11) is 0. The number of nitrogens with zero attached hydrogens (tertiary/aromatic N) is 2. The predicted octanol–water partition coefficient (Wildman–Crippen LogP) is 3.10. The van der Waals surface area contributed by atoms with Crippen molar-refractivity contribution >= 4 is 21.6 Å². The first kappa shape index (κ1) is 11.9. The van der Waals surface area contributed by atoms with Crippen molar-refractivity contribution < 1.29 is 0 Å². The third-order valence-corrected chi connectivity index (χ3v) is 4.51. The Balaban J connectivity index is 2.76. The van der Waals surface area contributed by atoms with Gasteiger partial charge in [-0.05, 0) is 25.0 Å². The highest BCUT2D eigenvalue weighted by Crippen LogP contribution is 2.28. The van der Waals surface area contributed by atoms with Crippen LogP contribution in [0.2, 0.25) is 0 Å². The molecule has 88 valence electrons. The van der Waals surface area contributed by atoms with Gasteiger partial charge in [0.2, 0.25) is 0 Å². The van der Waals surface area contributed by atoms with Gasteiger partial charge in [-0.15, -0.1) is 0 Å². The van der Waals surface area contributed by atoms with Crippen LogP contribution in [-0.4, -0.2) is 3.96 Å². The summed E-state index contributed by atoms with van der Waals surface area (Å²) >= 11 is 1.39. The minimum absolute atomic E-state index is 0.0455. The molecule has 0 fully saturated rings. The highest BCUT2D eigenvalue weighted by Gasteiger charge is 2.31. The van der Waals surface area contributed by atoms with Crippen LogP contribution in [0.3, 0.4) is 0 Å². The molecule has 0 radical (unpaired) electrons. The van der Waals surface area contributed by atoms with E-state index in [9.17, 15) is 10.1 Å². The fraction of sp³-hybridized carbons (Fsp3) is 0.385. The van der Waals surface area contributed by atoms with Gasteiger partial charge in [0.15, 0.2) is 0 Å². The maximum Gasteiger partial charge on any atom is 0.270 e. The van der Waals surface area contributed by atoms with Crippen LogP contribution in [0.5, 0.6) is 0 Å². The summed E-state index contributed by atoms with van der Waals surface area (Å²) in [4.78, 5) is 12.3. The van der Waals surface area contributed by atoms with Crippen LogP contribution in [-0.2, 0) is 5.54 Å². The minimum Gasteiger partial charge on any atom is -0.268 e. The standard InChI is InChI=1S/C13H14N2OS/c1-3-13(4-2,9-14)15-12(16)10-7-5-6-8-11(10)17-15/h5-8H,3-4H2,1-2H3. The van der Waals surface area contributed by atoms with Crippen LogP contribution in [0.1, 0.15) is 26.7 Å². The Bertz CT molecular complexity index is 629. The van der Waals surface area contributed by atoms with Gasteiger partial charge in [-0.25, -0.2) is 3.96 Å². The molecule has 0 spiro atoms. The number of hydrogen-bond acceptors (Lipinski definition) is 3. The number of rotatable bonds is 3. The number of hydrogen-bond donors (Lipinski definition) is 0. The zero-order chi connectivity index (χ0) is 12.5. The van der Waals surface area contributed by atoms with Crippen molar-refractivity contribution in [3.63, 3.8) is 0 Å². The SMILES string of the molecule is CCC(C#N)(CC)n1sc2ccccc2c1=O. The molecule has 2 aromatic rings. The van der Waals surface area contributed by atoms with Crippen LogP contribution >= 0.6 is 11.5 Å². The average molecular weight is 246 g/mol. The normalized spacial score (nSPS) is 11.6. The zero-order valence-corrected chi connectivity index (χ0v) is 10.8. The summed E-state index contributed by atoms with van der Waals surface area (Å²) in [5.41, 5.74) is -0.739.